The molecule has 112 valence electrons. The second-order valence-electron chi connectivity index (χ2n) is 3.58. The van der Waals surface area contributed by atoms with Gasteiger partial charge < -0.3 is 0 Å². The summed E-state index contributed by atoms with van der Waals surface area (Å²) in [6.07, 6.45) is -6.74. The quantitative estimate of drug-likeness (QED) is 0.609. The fraction of sp³-hybridized carbons (Fsp3) is 0.300. The van der Waals surface area contributed by atoms with Crippen LogP contribution in [0, 0.1) is 11.6 Å². The molecule has 0 aliphatic heterocycles. The van der Waals surface area contributed by atoms with Crippen molar-refractivity contribution in [3.63, 3.8) is 0 Å². The lowest BCUT2D eigenvalue weighted by Gasteiger charge is -2.27. The molecule has 0 aliphatic carbocycles. The van der Waals surface area contributed by atoms with Gasteiger partial charge in [0.2, 0.25) is 5.78 Å². The molecule has 0 bridgehead atoms. The summed E-state index contributed by atoms with van der Waals surface area (Å²) in [5.41, 5.74) is -1.90. The molecule has 1 rings (SSSR count). The number of ketones is 1. The van der Waals surface area contributed by atoms with Gasteiger partial charge >= 0.3 is 18.0 Å². The summed E-state index contributed by atoms with van der Waals surface area (Å²) in [4.78, 5) is 11.0. The standard InChI is InChI=1S/C10H3F9O/c11-5-3-1-2-4(6(5)12)7(20)8(13,14)9(15,16)10(17,18)19/h1-3H. The topological polar surface area (TPSA) is 17.1 Å². The first-order valence-electron chi connectivity index (χ1n) is 4.65. The van der Waals surface area contributed by atoms with Gasteiger partial charge in [-0.3, -0.25) is 4.79 Å². The van der Waals surface area contributed by atoms with E-state index in [2.05, 4.69) is 0 Å². The van der Waals surface area contributed by atoms with E-state index in [1.807, 2.05) is 0 Å². The molecule has 0 unspecified atom stereocenters. The van der Waals surface area contributed by atoms with E-state index >= 15 is 0 Å². The van der Waals surface area contributed by atoms with Crippen LogP contribution in [0.5, 0.6) is 0 Å². The van der Waals surface area contributed by atoms with Gasteiger partial charge in [-0.15, -0.1) is 0 Å². The van der Waals surface area contributed by atoms with Gasteiger partial charge in [-0.2, -0.15) is 30.7 Å². The lowest BCUT2D eigenvalue weighted by molar-refractivity contribution is -0.339. The molecule has 20 heavy (non-hydrogen) atoms. The Balaban J connectivity index is 3.36. The van der Waals surface area contributed by atoms with Crippen molar-refractivity contribution >= 4 is 5.78 Å². The molecule has 0 aromatic heterocycles. The summed E-state index contributed by atoms with van der Waals surface area (Å²) in [5, 5.41) is 0. The van der Waals surface area contributed by atoms with E-state index in [1.54, 1.807) is 0 Å². The highest BCUT2D eigenvalue weighted by Gasteiger charge is 2.76. The molecule has 1 aromatic carbocycles. The lowest BCUT2D eigenvalue weighted by atomic mass is 9.99. The third-order valence-corrected chi connectivity index (χ3v) is 2.23. The van der Waals surface area contributed by atoms with Crippen molar-refractivity contribution in [2.75, 3.05) is 0 Å². The molecular formula is C10H3F9O. The highest BCUT2D eigenvalue weighted by atomic mass is 19.4. The summed E-state index contributed by atoms with van der Waals surface area (Å²) in [6, 6.07) is 1.04. The Bertz CT molecular complexity index is 532. The van der Waals surface area contributed by atoms with Crippen molar-refractivity contribution in [2.24, 2.45) is 0 Å². The number of alkyl halides is 7. The number of rotatable bonds is 3. The Hall–Kier alpha value is -1.74. The van der Waals surface area contributed by atoms with Crippen LogP contribution in [0.3, 0.4) is 0 Å². The minimum atomic E-state index is -6.74. The van der Waals surface area contributed by atoms with E-state index in [0.29, 0.717) is 12.1 Å². The first-order valence-corrected chi connectivity index (χ1v) is 4.65. The van der Waals surface area contributed by atoms with Crippen LogP contribution < -0.4 is 0 Å². The van der Waals surface area contributed by atoms with E-state index < -0.39 is 41.0 Å². The molecule has 10 heteroatoms. The molecule has 1 nitrogen and oxygen atoms in total. The van der Waals surface area contributed by atoms with Gasteiger partial charge in [-0.1, -0.05) is 6.07 Å². The Morgan fingerprint density at radius 3 is 1.85 bits per heavy atom. The Kier molecular flexibility index (Phi) is 3.81. The molecule has 0 heterocycles. The monoisotopic (exact) mass is 310 g/mol. The molecule has 0 atom stereocenters. The number of carbonyl (C=O) groups is 1. The van der Waals surface area contributed by atoms with Gasteiger partial charge in [0, 0.05) is 0 Å². The number of Topliss-reactive ketones (excluding diaryl/α,β-unsaturated/α-hetero) is 1. The second kappa shape index (κ2) is 4.67. The van der Waals surface area contributed by atoms with Crippen molar-refractivity contribution in [3.05, 3.63) is 35.4 Å². The Morgan fingerprint density at radius 2 is 1.40 bits per heavy atom. The van der Waals surface area contributed by atoms with Crippen molar-refractivity contribution in [1.82, 2.24) is 0 Å². The van der Waals surface area contributed by atoms with Crippen molar-refractivity contribution in [2.45, 2.75) is 18.0 Å². The van der Waals surface area contributed by atoms with Gasteiger partial charge in [-0.05, 0) is 12.1 Å². The first-order chi connectivity index (χ1) is 8.84. The smallest absolute Gasteiger partial charge is 0.287 e. The zero-order chi connectivity index (χ0) is 15.9. The predicted octanol–water partition coefficient (Wildman–Crippen LogP) is 3.98. The maximum absolute atomic E-state index is 13.0. The molecule has 0 amide bonds. The molecule has 0 saturated carbocycles. The van der Waals surface area contributed by atoms with Gasteiger partial charge in [-0.25, -0.2) is 8.78 Å². The van der Waals surface area contributed by atoms with E-state index in [9.17, 15) is 44.3 Å². The Labute approximate surface area is 105 Å². The van der Waals surface area contributed by atoms with Gasteiger partial charge in [0.15, 0.2) is 11.6 Å². The van der Waals surface area contributed by atoms with E-state index in [0.717, 1.165) is 0 Å². The summed E-state index contributed by atoms with van der Waals surface area (Å²) in [7, 11) is 0. The maximum atomic E-state index is 13.0. The van der Waals surface area contributed by atoms with E-state index in [1.165, 1.54) is 0 Å². The van der Waals surface area contributed by atoms with Crippen LogP contribution in [0.2, 0.25) is 0 Å². The normalized spacial score (nSPS) is 13.4. The van der Waals surface area contributed by atoms with Gasteiger partial charge in [0.25, 0.3) is 0 Å². The van der Waals surface area contributed by atoms with Crippen LogP contribution in [-0.2, 0) is 0 Å². The van der Waals surface area contributed by atoms with E-state index in [-0.39, 0.29) is 6.07 Å². The van der Waals surface area contributed by atoms with Gasteiger partial charge in [0.1, 0.15) is 0 Å². The lowest BCUT2D eigenvalue weighted by Crippen LogP contribution is -2.56. The Morgan fingerprint density at radius 1 is 0.900 bits per heavy atom. The minimum absolute atomic E-state index is 0.168. The summed E-state index contributed by atoms with van der Waals surface area (Å²) >= 11 is 0. The predicted molar refractivity (Wildman–Crippen MR) is 46.6 cm³/mol. The van der Waals surface area contributed by atoms with Crippen molar-refractivity contribution in [1.29, 1.82) is 0 Å². The third kappa shape index (κ3) is 2.34. The van der Waals surface area contributed by atoms with Crippen molar-refractivity contribution < 1.29 is 44.3 Å². The largest absolute Gasteiger partial charge is 0.460 e. The van der Waals surface area contributed by atoms with Crippen LogP contribution in [0.4, 0.5) is 39.5 Å². The zero-order valence-corrected chi connectivity index (χ0v) is 9.04. The SMILES string of the molecule is O=C(c1cccc(F)c1F)C(F)(F)C(F)(F)C(F)(F)F. The fourth-order valence-electron chi connectivity index (χ4n) is 1.17. The van der Waals surface area contributed by atoms with Crippen LogP contribution in [-0.4, -0.2) is 23.8 Å². The summed E-state index contributed by atoms with van der Waals surface area (Å²) in [5.74, 6) is -20.3. The maximum Gasteiger partial charge on any atom is 0.460 e. The molecule has 0 spiro atoms. The number of carbonyl (C=O) groups excluding carboxylic acids is 1. The molecule has 0 fully saturated rings. The molecule has 0 N–H and O–H groups in total. The number of hydrogen-bond acceptors (Lipinski definition) is 1. The molecule has 0 radical (unpaired) electrons. The number of halogens is 9. The van der Waals surface area contributed by atoms with E-state index in [4.69, 9.17) is 0 Å². The molecular weight excluding hydrogens is 307 g/mol. The first kappa shape index (κ1) is 16.3. The summed E-state index contributed by atoms with van der Waals surface area (Å²) < 4.78 is 112. The van der Waals surface area contributed by atoms with Crippen LogP contribution in [0.15, 0.2) is 18.2 Å². The average molecular weight is 310 g/mol. The molecule has 1 aromatic rings. The van der Waals surface area contributed by atoms with Crippen molar-refractivity contribution in [3.8, 4) is 0 Å². The highest BCUT2D eigenvalue weighted by molar-refractivity contribution is 6.02. The zero-order valence-electron chi connectivity index (χ0n) is 9.04. The molecule has 0 saturated heterocycles. The van der Waals surface area contributed by atoms with Crippen LogP contribution in [0.1, 0.15) is 10.4 Å². The summed E-state index contributed by atoms with van der Waals surface area (Å²) in [6.45, 7) is 0. The fourth-order valence-corrected chi connectivity index (χ4v) is 1.17. The van der Waals surface area contributed by atoms with Crippen LogP contribution >= 0.6 is 0 Å². The highest BCUT2D eigenvalue weighted by Crippen LogP contribution is 2.47. The third-order valence-electron chi connectivity index (χ3n) is 2.23. The number of benzene rings is 1. The second-order valence-corrected chi connectivity index (χ2v) is 3.58. The minimum Gasteiger partial charge on any atom is -0.287 e. The average Bonchev–Trinajstić information content (AvgIpc) is 2.30. The molecule has 0 aliphatic rings. The van der Waals surface area contributed by atoms with Gasteiger partial charge in [0.05, 0.1) is 5.56 Å². The van der Waals surface area contributed by atoms with Crippen LogP contribution in [0.25, 0.3) is 0 Å². The number of hydrogen-bond donors (Lipinski definition) is 0.